The molecule has 0 amide bonds. The van der Waals surface area contributed by atoms with Crippen LogP contribution < -0.4 is 0 Å². The van der Waals surface area contributed by atoms with Crippen LogP contribution in [-0.2, 0) is 9.53 Å². The largest absolute Gasteiger partial charge is 0.463 e. The minimum Gasteiger partial charge on any atom is -0.463 e. The molecule has 0 aliphatic carbocycles. The summed E-state index contributed by atoms with van der Waals surface area (Å²) in [6, 6.07) is 6.75. The zero-order valence-electron chi connectivity index (χ0n) is 9.00. The number of esters is 1. The molecule has 0 N–H and O–H groups in total. The maximum atomic E-state index is 13.5. The molecule has 0 fully saturated rings. The Morgan fingerprint density at radius 3 is 2.53 bits per heavy atom. The highest BCUT2D eigenvalue weighted by atomic mass is 19.1. The van der Waals surface area contributed by atoms with Gasteiger partial charge in [0, 0.05) is 0 Å². The molecule has 82 valence electrons. The Hall–Kier alpha value is -1.38. The lowest BCUT2D eigenvalue weighted by atomic mass is 10.1. The number of benzene rings is 1. The van der Waals surface area contributed by atoms with E-state index in [1.807, 2.05) is 13.8 Å². The third-order valence-electron chi connectivity index (χ3n) is 2.03. The van der Waals surface area contributed by atoms with Crippen molar-refractivity contribution in [2.24, 2.45) is 0 Å². The highest BCUT2D eigenvalue weighted by molar-refractivity contribution is 5.76. The fourth-order valence-electron chi connectivity index (χ4n) is 1.15. The lowest BCUT2D eigenvalue weighted by Crippen LogP contribution is -2.12. The maximum Gasteiger partial charge on any atom is 0.345 e. The highest BCUT2D eigenvalue weighted by Gasteiger charge is 2.20. The summed E-state index contributed by atoms with van der Waals surface area (Å²) in [7, 11) is 0. The molecule has 0 aliphatic heterocycles. The summed E-state index contributed by atoms with van der Waals surface area (Å²) < 4.78 is 18.2. The van der Waals surface area contributed by atoms with E-state index in [-0.39, 0.29) is 6.61 Å². The number of hydrogen-bond acceptors (Lipinski definition) is 2. The molecule has 0 unspecified atom stereocenters. The van der Waals surface area contributed by atoms with Crippen LogP contribution in [0, 0.1) is 6.92 Å². The Balaban J connectivity index is 2.63. The molecule has 0 heterocycles. The van der Waals surface area contributed by atoms with Crippen molar-refractivity contribution < 1.29 is 13.9 Å². The van der Waals surface area contributed by atoms with Crippen LogP contribution >= 0.6 is 0 Å². The van der Waals surface area contributed by atoms with Gasteiger partial charge in [0.05, 0.1) is 6.61 Å². The number of rotatable bonds is 4. The predicted molar refractivity (Wildman–Crippen MR) is 56.3 cm³/mol. The Labute approximate surface area is 89.1 Å². The summed E-state index contributed by atoms with van der Waals surface area (Å²) in [4.78, 5) is 11.2. The molecule has 0 spiro atoms. The van der Waals surface area contributed by atoms with Gasteiger partial charge in [-0.05, 0) is 18.9 Å². The molecular formula is C12H15FO2. The van der Waals surface area contributed by atoms with Gasteiger partial charge in [-0.3, -0.25) is 0 Å². The minimum atomic E-state index is -1.67. The summed E-state index contributed by atoms with van der Waals surface area (Å²) >= 11 is 0. The highest BCUT2D eigenvalue weighted by Crippen LogP contribution is 2.19. The first-order valence-electron chi connectivity index (χ1n) is 5.02. The van der Waals surface area contributed by atoms with Crippen LogP contribution in [0.3, 0.4) is 0 Å². The van der Waals surface area contributed by atoms with Gasteiger partial charge in [-0.25, -0.2) is 9.18 Å². The maximum absolute atomic E-state index is 13.5. The van der Waals surface area contributed by atoms with Gasteiger partial charge in [-0.1, -0.05) is 36.8 Å². The monoisotopic (exact) mass is 210 g/mol. The molecule has 2 nitrogen and oxygen atoms in total. The van der Waals surface area contributed by atoms with E-state index in [1.54, 1.807) is 24.3 Å². The van der Waals surface area contributed by atoms with Crippen molar-refractivity contribution >= 4 is 5.97 Å². The second kappa shape index (κ2) is 5.49. The van der Waals surface area contributed by atoms with E-state index < -0.39 is 12.1 Å². The van der Waals surface area contributed by atoms with E-state index in [2.05, 4.69) is 0 Å². The number of aryl methyl sites for hydroxylation is 1. The molecule has 1 aromatic rings. The third-order valence-corrected chi connectivity index (χ3v) is 2.03. The molecule has 0 saturated carbocycles. The van der Waals surface area contributed by atoms with Gasteiger partial charge in [0.15, 0.2) is 0 Å². The van der Waals surface area contributed by atoms with Crippen molar-refractivity contribution in [2.45, 2.75) is 26.4 Å². The number of carbonyl (C=O) groups excluding carboxylic acids is 1. The SMILES string of the molecule is CCCOC(=O)[C@H](F)c1ccc(C)cc1. The van der Waals surface area contributed by atoms with Crippen molar-refractivity contribution in [2.75, 3.05) is 6.61 Å². The number of alkyl halides is 1. The molecule has 1 atom stereocenters. The molecule has 0 saturated heterocycles. The lowest BCUT2D eigenvalue weighted by Gasteiger charge is -2.08. The molecule has 0 radical (unpaired) electrons. The van der Waals surface area contributed by atoms with Crippen LogP contribution in [0.25, 0.3) is 0 Å². The van der Waals surface area contributed by atoms with E-state index >= 15 is 0 Å². The second-order valence-electron chi connectivity index (χ2n) is 3.44. The first-order chi connectivity index (χ1) is 7.15. The molecule has 0 bridgehead atoms. The van der Waals surface area contributed by atoms with Gasteiger partial charge in [0.25, 0.3) is 0 Å². The third kappa shape index (κ3) is 3.35. The lowest BCUT2D eigenvalue weighted by molar-refractivity contribution is -0.149. The fraction of sp³-hybridized carbons (Fsp3) is 0.417. The average Bonchev–Trinajstić information content (AvgIpc) is 2.26. The zero-order valence-corrected chi connectivity index (χ0v) is 9.00. The molecule has 3 heteroatoms. The van der Waals surface area contributed by atoms with Crippen LogP contribution in [0.5, 0.6) is 0 Å². The van der Waals surface area contributed by atoms with E-state index in [1.165, 1.54) is 0 Å². The van der Waals surface area contributed by atoms with E-state index in [9.17, 15) is 9.18 Å². The normalized spacial score (nSPS) is 12.2. The summed E-state index contributed by atoms with van der Waals surface area (Å²) in [5.41, 5.74) is 1.38. The van der Waals surface area contributed by atoms with Crippen LogP contribution in [0.1, 0.15) is 30.6 Å². The number of carbonyl (C=O) groups is 1. The molecule has 1 rings (SSSR count). The zero-order chi connectivity index (χ0) is 11.3. The topological polar surface area (TPSA) is 26.3 Å². The van der Waals surface area contributed by atoms with Crippen molar-refractivity contribution in [1.82, 2.24) is 0 Å². The molecule has 0 aromatic heterocycles. The predicted octanol–water partition coefficient (Wildman–Crippen LogP) is 2.96. The Bertz CT molecular complexity index is 319. The van der Waals surface area contributed by atoms with Crippen LogP contribution in [0.15, 0.2) is 24.3 Å². The number of halogens is 1. The van der Waals surface area contributed by atoms with Gasteiger partial charge < -0.3 is 4.74 Å². The van der Waals surface area contributed by atoms with Crippen LogP contribution in [0.2, 0.25) is 0 Å². The van der Waals surface area contributed by atoms with Crippen LogP contribution in [-0.4, -0.2) is 12.6 Å². The molecule has 0 aliphatic rings. The first-order valence-corrected chi connectivity index (χ1v) is 5.02. The minimum absolute atomic E-state index is 0.269. The molecule has 15 heavy (non-hydrogen) atoms. The van der Waals surface area contributed by atoms with Crippen molar-refractivity contribution in [3.05, 3.63) is 35.4 Å². The summed E-state index contributed by atoms with van der Waals surface area (Å²) in [6.45, 7) is 4.05. The van der Waals surface area contributed by atoms with E-state index in [0.717, 1.165) is 5.56 Å². The van der Waals surface area contributed by atoms with Gasteiger partial charge in [0.2, 0.25) is 6.17 Å². The van der Waals surface area contributed by atoms with Gasteiger partial charge in [-0.15, -0.1) is 0 Å². The quantitative estimate of drug-likeness (QED) is 0.714. The Kier molecular flexibility index (Phi) is 4.28. The average molecular weight is 210 g/mol. The standard InChI is InChI=1S/C12H15FO2/c1-3-8-15-12(14)11(13)10-6-4-9(2)5-7-10/h4-7,11H,3,8H2,1-2H3/t11-/m1/s1. The number of hydrogen-bond donors (Lipinski definition) is 0. The van der Waals surface area contributed by atoms with Gasteiger partial charge in [0.1, 0.15) is 0 Å². The van der Waals surface area contributed by atoms with Crippen molar-refractivity contribution in [3.8, 4) is 0 Å². The molecule has 1 aromatic carbocycles. The van der Waals surface area contributed by atoms with Gasteiger partial charge in [-0.2, -0.15) is 0 Å². The van der Waals surface area contributed by atoms with Crippen molar-refractivity contribution in [1.29, 1.82) is 0 Å². The summed E-state index contributed by atoms with van der Waals surface area (Å²) in [6.07, 6.45) is -0.969. The van der Waals surface area contributed by atoms with E-state index in [4.69, 9.17) is 4.74 Å². The van der Waals surface area contributed by atoms with E-state index in [0.29, 0.717) is 12.0 Å². The van der Waals surface area contributed by atoms with Gasteiger partial charge >= 0.3 is 5.97 Å². The van der Waals surface area contributed by atoms with Crippen LogP contribution in [0.4, 0.5) is 4.39 Å². The molecular weight excluding hydrogens is 195 g/mol. The first kappa shape index (κ1) is 11.7. The summed E-state index contributed by atoms with van der Waals surface area (Å²) in [5.74, 6) is -0.805. The Morgan fingerprint density at radius 1 is 1.40 bits per heavy atom. The smallest absolute Gasteiger partial charge is 0.345 e. The Morgan fingerprint density at radius 2 is 2.00 bits per heavy atom. The fourth-order valence-corrected chi connectivity index (χ4v) is 1.15. The second-order valence-corrected chi connectivity index (χ2v) is 3.44. The van der Waals surface area contributed by atoms with Crippen molar-refractivity contribution in [3.63, 3.8) is 0 Å². The number of ether oxygens (including phenoxy) is 1. The summed E-state index contributed by atoms with van der Waals surface area (Å²) in [5, 5.41) is 0.